The Balaban J connectivity index is 2.36. The lowest BCUT2D eigenvalue weighted by atomic mass is 10.1. The molecule has 0 spiro atoms. The fraction of sp³-hybridized carbons (Fsp3) is 0.462. The van der Waals surface area contributed by atoms with Crippen molar-refractivity contribution in [2.45, 2.75) is 25.8 Å². The Morgan fingerprint density at radius 3 is 2.82 bits per heavy atom. The third-order valence-corrected chi connectivity index (χ3v) is 2.77. The summed E-state index contributed by atoms with van der Waals surface area (Å²) >= 11 is 6.01. The van der Waals surface area contributed by atoms with Crippen LogP contribution in [0.1, 0.15) is 18.9 Å². The molecule has 0 saturated carbocycles. The first-order chi connectivity index (χ1) is 8.13. The van der Waals surface area contributed by atoms with E-state index < -0.39 is 0 Å². The van der Waals surface area contributed by atoms with Crippen LogP contribution in [0, 0.1) is 0 Å². The molecule has 1 rings (SSSR count). The molecule has 0 fully saturated rings. The minimum absolute atomic E-state index is 0.0227. The number of halogens is 1. The molecule has 1 aromatic carbocycles. The fourth-order valence-corrected chi connectivity index (χ4v) is 1.82. The number of carbonyl (C=O) groups excluding carboxylic acids is 1. The maximum absolute atomic E-state index is 11.6. The second kappa shape index (κ2) is 7.30. The minimum Gasteiger partial charge on any atom is -0.383 e. The summed E-state index contributed by atoms with van der Waals surface area (Å²) in [4.78, 5) is 11.6. The first-order valence-corrected chi connectivity index (χ1v) is 6.03. The molecule has 1 N–H and O–H groups in total. The molecule has 1 atom stereocenters. The molecule has 3 nitrogen and oxygen atoms in total. The molecule has 1 aromatic rings. The highest BCUT2D eigenvalue weighted by Gasteiger charge is 2.08. The van der Waals surface area contributed by atoms with E-state index in [1.54, 1.807) is 7.11 Å². The number of aryl methyl sites for hydroxylation is 1. The number of carbonyl (C=O) groups is 1. The van der Waals surface area contributed by atoms with Gasteiger partial charge in [-0.1, -0.05) is 29.8 Å². The van der Waals surface area contributed by atoms with Gasteiger partial charge in [-0.15, -0.1) is 0 Å². The Bertz CT molecular complexity index is 368. The van der Waals surface area contributed by atoms with Crippen LogP contribution in [-0.4, -0.2) is 25.7 Å². The van der Waals surface area contributed by atoms with Crippen LogP contribution in [0.3, 0.4) is 0 Å². The zero-order chi connectivity index (χ0) is 12.7. The number of ether oxygens (including phenoxy) is 1. The van der Waals surface area contributed by atoms with E-state index in [0.717, 1.165) is 5.56 Å². The number of amides is 1. The highest BCUT2D eigenvalue weighted by atomic mass is 35.5. The highest BCUT2D eigenvalue weighted by Crippen LogP contribution is 2.16. The predicted octanol–water partition coefficient (Wildman–Crippen LogP) is 2.42. The van der Waals surface area contributed by atoms with Crippen LogP contribution < -0.4 is 5.32 Å². The third kappa shape index (κ3) is 5.20. The summed E-state index contributed by atoms with van der Waals surface area (Å²) in [5.74, 6) is 0.0227. The van der Waals surface area contributed by atoms with Gasteiger partial charge in [0.05, 0.1) is 6.61 Å². The number of hydrogen-bond acceptors (Lipinski definition) is 2. The van der Waals surface area contributed by atoms with Crippen LogP contribution in [0.15, 0.2) is 24.3 Å². The second-order valence-corrected chi connectivity index (χ2v) is 4.42. The van der Waals surface area contributed by atoms with Gasteiger partial charge in [-0.25, -0.2) is 0 Å². The molecule has 0 heterocycles. The van der Waals surface area contributed by atoms with Gasteiger partial charge < -0.3 is 10.1 Å². The molecule has 0 unspecified atom stereocenters. The van der Waals surface area contributed by atoms with Crippen molar-refractivity contribution in [3.63, 3.8) is 0 Å². The summed E-state index contributed by atoms with van der Waals surface area (Å²) in [7, 11) is 1.62. The standard InChI is InChI=1S/C13H18ClNO2/c1-10(9-17-2)15-13(16)8-7-11-5-3-4-6-12(11)14/h3-6,10H,7-9H2,1-2H3,(H,15,16)/t10-/m1/s1. The summed E-state index contributed by atoms with van der Waals surface area (Å²) in [5, 5.41) is 3.58. The molecule has 0 radical (unpaired) electrons. The molecule has 0 saturated heterocycles. The van der Waals surface area contributed by atoms with Crippen molar-refractivity contribution in [1.82, 2.24) is 5.32 Å². The van der Waals surface area contributed by atoms with E-state index in [9.17, 15) is 4.79 Å². The van der Waals surface area contributed by atoms with Crippen molar-refractivity contribution < 1.29 is 9.53 Å². The maximum Gasteiger partial charge on any atom is 0.220 e. The smallest absolute Gasteiger partial charge is 0.220 e. The van der Waals surface area contributed by atoms with Crippen molar-refractivity contribution >= 4 is 17.5 Å². The number of nitrogens with one attached hydrogen (secondary N) is 1. The highest BCUT2D eigenvalue weighted by molar-refractivity contribution is 6.31. The average Bonchev–Trinajstić information content (AvgIpc) is 2.28. The Morgan fingerprint density at radius 2 is 2.18 bits per heavy atom. The normalized spacial score (nSPS) is 12.2. The van der Waals surface area contributed by atoms with Gasteiger partial charge in [-0.2, -0.15) is 0 Å². The Kier molecular flexibility index (Phi) is 6.01. The Labute approximate surface area is 107 Å². The minimum atomic E-state index is 0.0227. The summed E-state index contributed by atoms with van der Waals surface area (Å²) in [5.41, 5.74) is 1.00. The van der Waals surface area contributed by atoms with Gasteiger partial charge in [0.25, 0.3) is 0 Å². The molecule has 4 heteroatoms. The molecular formula is C13H18ClNO2. The molecule has 0 aromatic heterocycles. The molecule has 1 amide bonds. The topological polar surface area (TPSA) is 38.3 Å². The van der Waals surface area contributed by atoms with Crippen LogP contribution in [0.5, 0.6) is 0 Å². The molecule has 17 heavy (non-hydrogen) atoms. The first kappa shape index (κ1) is 14.0. The SMILES string of the molecule is COC[C@@H](C)NC(=O)CCc1ccccc1Cl. The monoisotopic (exact) mass is 255 g/mol. The fourth-order valence-electron chi connectivity index (χ4n) is 1.59. The second-order valence-electron chi connectivity index (χ2n) is 4.02. The molecule has 0 aliphatic carbocycles. The van der Waals surface area contributed by atoms with Gasteiger partial charge in [0.1, 0.15) is 0 Å². The number of rotatable bonds is 6. The quantitative estimate of drug-likeness (QED) is 0.848. The number of methoxy groups -OCH3 is 1. The van der Waals surface area contributed by atoms with E-state index >= 15 is 0 Å². The van der Waals surface area contributed by atoms with E-state index in [0.29, 0.717) is 24.5 Å². The van der Waals surface area contributed by atoms with Crippen LogP contribution in [0.25, 0.3) is 0 Å². The molecule has 0 aliphatic heterocycles. The van der Waals surface area contributed by atoms with Gasteiger partial charge in [-0.05, 0) is 25.0 Å². The molecule has 0 aliphatic rings. The summed E-state index contributed by atoms with van der Waals surface area (Å²) in [6, 6.07) is 7.62. The zero-order valence-electron chi connectivity index (χ0n) is 10.2. The van der Waals surface area contributed by atoms with E-state index in [1.807, 2.05) is 31.2 Å². The lowest BCUT2D eigenvalue weighted by molar-refractivity contribution is -0.122. The van der Waals surface area contributed by atoms with Crippen molar-refractivity contribution in [3.8, 4) is 0 Å². The summed E-state index contributed by atoms with van der Waals surface area (Å²) in [6.45, 7) is 2.44. The number of benzene rings is 1. The van der Waals surface area contributed by atoms with Crippen molar-refractivity contribution in [3.05, 3.63) is 34.9 Å². The van der Waals surface area contributed by atoms with E-state index in [2.05, 4.69) is 5.32 Å². The van der Waals surface area contributed by atoms with Gasteiger partial charge in [0, 0.05) is 24.6 Å². The van der Waals surface area contributed by atoms with Crippen molar-refractivity contribution in [2.24, 2.45) is 0 Å². The van der Waals surface area contributed by atoms with Gasteiger partial charge in [0.2, 0.25) is 5.91 Å². The molecule has 0 bridgehead atoms. The van der Waals surface area contributed by atoms with Crippen LogP contribution in [0.2, 0.25) is 5.02 Å². The first-order valence-electron chi connectivity index (χ1n) is 5.65. The van der Waals surface area contributed by atoms with Gasteiger partial charge >= 0.3 is 0 Å². The van der Waals surface area contributed by atoms with Gasteiger partial charge in [-0.3, -0.25) is 4.79 Å². The third-order valence-electron chi connectivity index (χ3n) is 2.40. The van der Waals surface area contributed by atoms with E-state index in [-0.39, 0.29) is 11.9 Å². The average molecular weight is 256 g/mol. The largest absolute Gasteiger partial charge is 0.383 e. The molecular weight excluding hydrogens is 238 g/mol. The van der Waals surface area contributed by atoms with E-state index in [1.165, 1.54) is 0 Å². The molecule has 94 valence electrons. The van der Waals surface area contributed by atoms with Crippen molar-refractivity contribution in [2.75, 3.05) is 13.7 Å². The summed E-state index contributed by atoms with van der Waals surface area (Å²) in [6.07, 6.45) is 1.10. The number of hydrogen-bond donors (Lipinski definition) is 1. The van der Waals surface area contributed by atoms with Crippen LogP contribution in [0.4, 0.5) is 0 Å². The maximum atomic E-state index is 11.6. The lowest BCUT2D eigenvalue weighted by Crippen LogP contribution is -2.35. The van der Waals surface area contributed by atoms with Crippen LogP contribution in [-0.2, 0) is 16.0 Å². The predicted molar refractivity (Wildman–Crippen MR) is 69.3 cm³/mol. The summed E-state index contributed by atoms with van der Waals surface area (Å²) < 4.78 is 4.95. The van der Waals surface area contributed by atoms with Crippen LogP contribution >= 0.6 is 11.6 Å². The zero-order valence-corrected chi connectivity index (χ0v) is 11.0. The Hall–Kier alpha value is -1.06. The lowest BCUT2D eigenvalue weighted by Gasteiger charge is -2.12. The van der Waals surface area contributed by atoms with Gasteiger partial charge in [0.15, 0.2) is 0 Å². The Morgan fingerprint density at radius 1 is 1.47 bits per heavy atom. The van der Waals surface area contributed by atoms with Crippen molar-refractivity contribution in [1.29, 1.82) is 0 Å². The van der Waals surface area contributed by atoms with E-state index in [4.69, 9.17) is 16.3 Å².